The highest BCUT2D eigenvalue weighted by molar-refractivity contribution is 9.10. The number of rotatable bonds is 4. The summed E-state index contributed by atoms with van der Waals surface area (Å²) in [4.78, 5) is 4.15. The number of pyridine rings is 1. The normalized spacial score (nSPS) is 12.4. The molecule has 0 radical (unpaired) electrons. The molecule has 0 spiro atoms. The first kappa shape index (κ1) is 13.2. The van der Waals surface area contributed by atoms with Gasteiger partial charge < -0.3 is 5.73 Å². The van der Waals surface area contributed by atoms with E-state index in [4.69, 9.17) is 5.73 Å². The summed E-state index contributed by atoms with van der Waals surface area (Å²) in [6, 6.07) is 10.7. The fraction of sp³-hybridized carbons (Fsp3) is 0.267. The van der Waals surface area contributed by atoms with Gasteiger partial charge in [0, 0.05) is 22.9 Å². The fourth-order valence-corrected chi connectivity index (χ4v) is 2.38. The van der Waals surface area contributed by atoms with Crippen LogP contribution in [0.25, 0.3) is 0 Å². The van der Waals surface area contributed by atoms with Gasteiger partial charge in [-0.3, -0.25) is 4.98 Å². The van der Waals surface area contributed by atoms with Crippen molar-refractivity contribution in [2.45, 2.75) is 25.8 Å². The Kier molecular flexibility index (Phi) is 4.50. The summed E-state index contributed by atoms with van der Waals surface area (Å²) < 4.78 is 1.00. The number of hydrogen-bond acceptors (Lipinski definition) is 2. The maximum atomic E-state index is 6.18. The summed E-state index contributed by atoms with van der Waals surface area (Å²) in [6.07, 6.45) is 5.40. The molecule has 0 amide bonds. The van der Waals surface area contributed by atoms with E-state index in [9.17, 15) is 0 Å². The van der Waals surface area contributed by atoms with Crippen LogP contribution in [-0.2, 0) is 12.8 Å². The Morgan fingerprint density at radius 2 is 1.78 bits per heavy atom. The van der Waals surface area contributed by atoms with Gasteiger partial charge >= 0.3 is 0 Å². The first-order valence-electron chi connectivity index (χ1n) is 6.04. The van der Waals surface area contributed by atoms with Crippen LogP contribution >= 0.6 is 15.9 Å². The van der Waals surface area contributed by atoms with E-state index in [0.29, 0.717) is 0 Å². The van der Waals surface area contributed by atoms with E-state index in [0.717, 1.165) is 17.3 Å². The van der Waals surface area contributed by atoms with E-state index in [2.05, 4.69) is 58.2 Å². The van der Waals surface area contributed by atoms with Crippen molar-refractivity contribution in [3.8, 4) is 0 Å². The molecule has 0 aliphatic rings. The van der Waals surface area contributed by atoms with Gasteiger partial charge in [0.25, 0.3) is 0 Å². The zero-order chi connectivity index (χ0) is 13.0. The van der Waals surface area contributed by atoms with Crippen molar-refractivity contribution in [2.75, 3.05) is 0 Å². The third kappa shape index (κ3) is 3.93. The van der Waals surface area contributed by atoms with Gasteiger partial charge in [-0.05, 0) is 52.9 Å². The average Bonchev–Trinajstić information content (AvgIpc) is 2.32. The number of aromatic nitrogens is 1. The lowest BCUT2D eigenvalue weighted by Gasteiger charge is -2.12. The lowest BCUT2D eigenvalue weighted by molar-refractivity contribution is 0.663. The average molecular weight is 305 g/mol. The maximum absolute atomic E-state index is 6.18. The topological polar surface area (TPSA) is 38.9 Å². The molecule has 2 aromatic rings. The minimum Gasteiger partial charge on any atom is -0.327 e. The quantitative estimate of drug-likeness (QED) is 0.941. The Labute approximate surface area is 116 Å². The standard InChI is InChI=1S/C15H17BrN2/c1-11-2-4-12(5-3-11)7-15(17)8-13-6-14(16)10-18-9-13/h2-6,9-10,15H,7-8,17H2,1H3. The van der Waals surface area contributed by atoms with E-state index in [1.807, 2.05) is 6.20 Å². The molecule has 1 aromatic carbocycles. The van der Waals surface area contributed by atoms with Crippen LogP contribution in [0.3, 0.4) is 0 Å². The minimum absolute atomic E-state index is 0.129. The van der Waals surface area contributed by atoms with Crippen molar-refractivity contribution in [3.05, 3.63) is 63.9 Å². The first-order valence-corrected chi connectivity index (χ1v) is 6.83. The van der Waals surface area contributed by atoms with Crippen molar-refractivity contribution in [3.63, 3.8) is 0 Å². The Hall–Kier alpha value is -1.19. The van der Waals surface area contributed by atoms with Crippen LogP contribution in [0.4, 0.5) is 0 Å². The molecule has 2 N–H and O–H groups in total. The van der Waals surface area contributed by atoms with Gasteiger partial charge in [0.15, 0.2) is 0 Å². The summed E-state index contributed by atoms with van der Waals surface area (Å²) in [5, 5.41) is 0. The summed E-state index contributed by atoms with van der Waals surface area (Å²) in [7, 11) is 0. The van der Waals surface area contributed by atoms with Crippen LogP contribution in [0.2, 0.25) is 0 Å². The van der Waals surface area contributed by atoms with Crippen molar-refractivity contribution in [1.82, 2.24) is 4.98 Å². The van der Waals surface area contributed by atoms with Gasteiger partial charge in [0.1, 0.15) is 0 Å². The molecule has 2 rings (SSSR count). The van der Waals surface area contributed by atoms with Crippen LogP contribution in [0.1, 0.15) is 16.7 Å². The van der Waals surface area contributed by atoms with Crippen LogP contribution in [-0.4, -0.2) is 11.0 Å². The van der Waals surface area contributed by atoms with Crippen LogP contribution in [0.15, 0.2) is 47.2 Å². The van der Waals surface area contributed by atoms with E-state index in [-0.39, 0.29) is 6.04 Å². The van der Waals surface area contributed by atoms with E-state index >= 15 is 0 Å². The van der Waals surface area contributed by atoms with Gasteiger partial charge in [-0.25, -0.2) is 0 Å². The molecule has 0 saturated heterocycles. The predicted octanol–water partition coefficient (Wildman–Crippen LogP) is 3.27. The molecule has 1 heterocycles. The molecule has 3 heteroatoms. The summed E-state index contributed by atoms with van der Waals surface area (Å²) in [6.45, 7) is 2.09. The highest BCUT2D eigenvalue weighted by atomic mass is 79.9. The SMILES string of the molecule is Cc1ccc(CC(N)Cc2cncc(Br)c2)cc1. The van der Waals surface area contributed by atoms with Crippen LogP contribution < -0.4 is 5.73 Å². The second-order valence-corrected chi connectivity index (χ2v) is 5.58. The fourth-order valence-electron chi connectivity index (χ4n) is 1.97. The largest absolute Gasteiger partial charge is 0.327 e. The molecule has 94 valence electrons. The molecule has 2 nitrogen and oxygen atoms in total. The van der Waals surface area contributed by atoms with Gasteiger partial charge in [-0.15, -0.1) is 0 Å². The molecule has 0 fully saturated rings. The molecule has 18 heavy (non-hydrogen) atoms. The molecule has 0 saturated carbocycles. The molecule has 1 aromatic heterocycles. The first-order chi connectivity index (χ1) is 8.63. The predicted molar refractivity (Wildman–Crippen MR) is 78.5 cm³/mol. The Balaban J connectivity index is 1.96. The van der Waals surface area contributed by atoms with E-state index in [1.54, 1.807) is 6.20 Å². The number of hydrogen-bond donors (Lipinski definition) is 1. The molecule has 0 aliphatic heterocycles. The number of nitrogens with zero attached hydrogens (tertiary/aromatic N) is 1. The number of nitrogens with two attached hydrogens (primary N) is 1. The number of halogens is 1. The smallest absolute Gasteiger partial charge is 0.0410 e. The van der Waals surface area contributed by atoms with Crippen molar-refractivity contribution < 1.29 is 0 Å². The second kappa shape index (κ2) is 6.12. The van der Waals surface area contributed by atoms with Gasteiger partial charge in [0.05, 0.1) is 0 Å². The van der Waals surface area contributed by atoms with Gasteiger partial charge in [-0.2, -0.15) is 0 Å². The van der Waals surface area contributed by atoms with Crippen molar-refractivity contribution >= 4 is 15.9 Å². The van der Waals surface area contributed by atoms with Crippen molar-refractivity contribution in [2.24, 2.45) is 5.73 Å². The third-order valence-electron chi connectivity index (χ3n) is 2.88. The number of benzene rings is 1. The molecule has 1 atom stereocenters. The number of aryl methyl sites for hydroxylation is 1. The lowest BCUT2D eigenvalue weighted by atomic mass is 10.00. The molecular formula is C15H17BrN2. The van der Waals surface area contributed by atoms with Gasteiger partial charge in [0.2, 0.25) is 0 Å². The zero-order valence-corrected chi connectivity index (χ0v) is 12.0. The summed E-state index contributed by atoms with van der Waals surface area (Å²) in [5.74, 6) is 0. The van der Waals surface area contributed by atoms with E-state index in [1.165, 1.54) is 16.7 Å². The zero-order valence-electron chi connectivity index (χ0n) is 10.4. The van der Waals surface area contributed by atoms with Gasteiger partial charge in [-0.1, -0.05) is 29.8 Å². The van der Waals surface area contributed by atoms with Crippen LogP contribution in [0, 0.1) is 6.92 Å². The van der Waals surface area contributed by atoms with Crippen molar-refractivity contribution in [1.29, 1.82) is 0 Å². The maximum Gasteiger partial charge on any atom is 0.0410 e. The second-order valence-electron chi connectivity index (χ2n) is 4.67. The Morgan fingerprint density at radius 1 is 1.11 bits per heavy atom. The third-order valence-corrected chi connectivity index (χ3v) is 3.31. The van der Waals surface area contributed by atoms with E-state index < -0.39 is 0 Å². The lowest BCUT2D eigenvalue weighted by Crippen LogP contribution is -2.25. The Morgan fingerprint density at radius 3 is 2.44 bits per heavy atom. The van der Waals surface area contributed by atoms with Crippen LogP contribution in [0.5, 0.6) is 0 Å². The Bertz CT molecular complexity index is 508. The summed E-state index contributed by atoms with van der Waals surface area (Å²) in [5.41, 5.74) is 9.92. The highest BCUT2D eigenvalue weighted by Gasteiger charge is 2.06. The molecule has 0 aliphatic carbocycles. The molecule has 0 bridgehead atoms. The molecule has 1 unspecified atom stereocenters. The highest BCUT2D eigenvalue weighted by Crippen LogP contribution is 2.12. The monoisotopic (exact) mass is 304 g/mol. The molecular weight excluding hydrogens is 288 g/mol. The summed E-state index contributed by atoms with van der Waals surface area (Å²) >= 11 is 3.42. The minimum atomic E-state index is 0.129.